The van der Waals surface area contributed by atoms with Crippen LogP contribution in [0.5, 0.6) is 5.88 Å². The van der Waals surface area contributed by atoms with E-state index < -0.39 is 11.1 Å². The van der Waals surface area contributed by atoms with Gasteiger partial charge in [0.05, 0.1) is 0 Å². The molecule has 1 unspecified atom stereocenters. The fourth-order valence-corrected chi connectivity index (χ4v) is 1.62. The Kier molecular flexibility index (Phi) is 2.18. The molecular weight excluding hydrogens is 188 g/mol. The first-order valence-corrected chi connectivity index (χ1v) is 4.80. The van der Waals surface area contributed by atoms with Crippen molar-refractivity contribution in [1.82, 2.24) is 9.97 Å². The van der Waals surface area contributed by atoms with Gasteiger partial charge in [0.1, 0.15) is 5.03 Å². The fourth-order valence-electron chi connectivity index (χ4n) is 0.910. The third kappa shape index (κ3) is 1.81. The Labute approximate surface area is 77.6 Å². The van der Waals surface area contributed by atoms with Crippen LogP contribution in [0.3, 0.4) is 0 Å². The first kappa shape index (κ1) is 8.12. The van der Waals surface area contributed by atoms with Gasteiger partial charge in [0.2, 0.25) is 5.88 Å². The largest absolute Gasteiger partial charge is 0.377 e. The average molecular weight is 196 g/mol. The van der Waals surface area contributed by atoms with Crippen molar-refractivity contribution in [2.45, 2.75) is 5.03 Å². The molecule has 2 N–H and O–H groups in total. The molecule has 0 aromatic carbocycles. The molecule has 2 aromatic heterocycles. The van der Waals surface area contributed by atoms with Crippen molar-refractivity contribution in [3.63, 3.8) is 0 Å². The van der Waals surface area contributed by atoms with Crippen LogP contribution in [0.25, 0.3) is 0 Å². The molecule has 2 aromatic rings. The molecule has 0 aliphatic rings. The van der Waals surface area contributed by atoms with Gasteiger partial charge in [-0.3, -0.25) is 0 Å². The number of aromatic amines is 2. The number of H-pyrrole nitrogens is 2. The SMILES string of the molecule is O=S(Oc1ccc[nH]1)c1ccc[nH]1. The molecule has 4 nitrogen and oxygen atoms in total. The van der Waals surface area contributed by atoms with Gasteiger partial charge in [0, 0.05) is 18.5 Å². The van der Waals surface area contributed by atoms with Crippen molar-refractivity contribution < 1.29 is 8.39 Å². The van der Waals surface area contributed by atoms with E-state index in [1.807, 2.05) is 0 Å². The maximum absolute atomic E-state index is 11.4. The molecule has 0 saturated carbocycles. The second-order valence-corrected chi connectivity index (χ2v) is 3.46. The highest BCUT2D eigenvalue weighted by Crippen LogP contribution is 2.10. The minimum atomic E-state index is -1.47. The zero-order valence-corrected chi connectivity index (χ0v) is 7.51. The highest BCUT2D eigenvalue weighted by atomic mass is 32.2. The third-order valence-corrected chi connectivity index (χ3v) is 2.43. The van der Waals surface area contributed by atoms with E-state index in [0.29, 0.717) is 10.9 Å². The van der Waals surface area contributed by atoms with Crippen molar-refractivity contribution in [1.29, 1.82) is 0 Å². The fraction of sp³-hybridized carbons (Fsp3) is 0. The maximum Gasteiger partial charge on any atom is 0.259 e. The monoisotopic (exact) mass is 196 g/mol. The van der Waals surface area contributed by atoms with E-state index in [0.717, 1.165) is 0 Å². The molecule has 2 rings (SSSR count). The summed E-state index contributed by atoms with van der Waals surface area (Å²) in [6.45, 7) is 0. The topological polar surface area (TPSA) is 57.9 Å². The van der Waals surface area contributed by atoms with E-state index in [4.69, 9.17) is 4.18 Å². The van der Waals surface area contributed by atoms with Crippen molar-refractivity contribution in [3.8, 4) is 5.88 Å². The molecule has 2 heterocycles. The predicted octanol–water partition coefficient (Wildman–Crippen LogP) is 1.44. The second-order valence-electron chi connectivity index (χ2n) is 2.39. The van der Waals surface area contributed by atoms with E-state index in [2.05, 4.69) is 9.97 Å². The highest BCUT2D eigenvalue weighted by molar-refractivity contribution is 7.80. The molecule has 0 aliphatic carbocycles. The Hall–Kier alpha value is -1.49. The Morgan fingerprint density at radius 3 is 2.54 bits per heavy atom. The van der Waals surface area contributed by atoms with Gasteiger partial charge in [-0.2, -0.15) is 0 Å². The second kappa shape index (κ2) is 3.49. The maximum atomic E-state index is 11.4. The molecule has 68 valence electrons. The van der Waals surface area contributed by atoms with Crippen LogP contribution in [-0.4, -0.2) is 14.2 Å². The summed E-state index contributed by atoms with van der Waals surface area (Å²) in [6.07, 6.45) is 3.41. The van der Waals surface area contributed by atoms with Crippen LogP contribution >= 0.6 is 0 Å². The summed E-state index contributed by atoms with van der Waals surface area (Å²) in [6, 6.07) is 6.96. The van der Waals surface area contributed by atoms with Gasteiger partial charge in [0.25, 0.3) is 11.1 Å². The van der Waals surface area contributed by atoms with E-state index in [9.17, 15) is 4.21 Å². The lowest BCUT2D eigenvalue weighted by molar-refractivity contribution is 0.546. The minimum Gasteiger partial charge on any atom is -0.377 e. The van der Waals surface area contributed by atoms with Gasteiger partial charge in [-0.1, -0.05) is 0 Å². The molecule has 0 amide bonds. The Morgan fingerprint density at radius 1 is 1.15 bits per heavy atom. The first-order valence-electron chi connectivity index (χ1n) is 3.73. The van der Waals surface area contributed by atoms with Gasteiger partial charge in [-0.15, -0.1) is 0 Å². The summed E-state index contributed by atoms with van der Waals surface area (Å²) in [5, 5.41) is 0.551. The Balaban J connectivity index is 2.08. The van der Waals surface area contributed by atoms with Crippen molar-refractivity contribution >= 4 is 11.1 Å². The highest BCUT2D eigenvalue weighted by Gasteiger charge is 2.06. The predicted molar refractivity (Wildman–Crippen MR) is 48.6 cm³/mol. The molecule has 0 bridgehead atoms. The van der Waals surface area contributed by atoms with E-state index in [1.54, 1.807) is 36.7 Å². The minimum absolute atomic E-state index is 0.493. The van der Waals surface area contributed by atoms with Crippen molar-refractivity contribution in [3.05, 3.63) is 36.7 Å². The Morgan fingerprint density at radius 2 is 1.92 bits per heavy atom. The van der Waals surface area contributed by atoms with Gasteiger partial charge < -0.3 is 14.2 Å². The standard InChI is InChI=1S/C8H8N2O2S/c11-13(8-4-2-6-10-8)12-7-3-1-5-9-7/h1-6,9-10H. The molecular formula is C8H8N2O2S. The lowest BCUT2D eigenvalue weighted by atomic mass is 10.7. The zero-order chi connectivity index (χ0) is 9.10. The quantitative estimate of drug-likeness (QED) is 0.780. The average Bonchev–Trinajstić information content (AvgIpc) is 2.74. The molecule has 1 atom stereocenters. The normalized spacial score (nSPS) is 12.6. The summed E-state index contributed by atoms with van der Waals surface area (Å²) >= 11 is -1.47. The number of nitrogens with one attached hydrogen (secondary N) is 2. The lowest BCUT2D eigenvalue weighted by Gasteiger charge is -1.98. The third-order valence-electron chi connectivity index (χ3n) is 1.48. The molecule has 13 heavy (non-hydrogen) atoms. The van der Waals surface area contributed by atoms with Crippen LogP contribution < -0.4 is 4.18 Å². The summed E-state index contributed by atoms with van der Waals surface area (Å²) in [5.74, 6) is 0.493. The van der Waals surface area contributed by atoms with Crippen LogP contribution in [0.15, 0.2) is 41.7 Å². The summed E-state index contributed by atoms with van der Waals surface area (Å²) in [5.41, 5.74) is 0. The van der Waals surface area contributed by atoms with Crippen molar-refractivity contribution in [2.24, 2.45) is 0 Å². The number of rotatable bonds is 3. The molecule has 0 spiro atoms. The summed E-state index contributed by atoms with van der Waals surface area (Å²) in [7, 11) is 0. The number of aromatic nitrogens is 2. The van der Waals surface area contributed by atoms with E-state index in [-0.39, 0.29) is 0 Å². The lowest BCUT2D eigenvalue weighted by Crippen LogP contribution is -2.00. The van der Waals surface area contributed by atoms with Crippen LogP contribution in [0, 0.1) is 0 Å². The van der Waals surface area contributed by atoms with Crippen molar-refractivity contribution in [2.75, 3.05) is 0 Å². The van der Waals surface area contributed by atoms with Crippen LogP contribution in [0.1, 0.15) is 0 Å². The van der Waals surface area contributed by atoms with Crippen LogP contribution in [0.4, 0.5) is 0 Å². The summed E-state index contributed by atoms with van der Waals surface area (Å²) in [4.78, 5) is 5.61. The smallest absolute Gasteiger partial charge is 0.259 e. The number of hydrogen-bond acceptors (Lipinski definition) is 2. The van der Waals surface area contributed by atoms with Crippen LogP contribution in [-0.2, 0) is 11.1 Å². The molecule has 0 aliphatic heterocycles. The molecule has 0 radical (unpaired) electrons. The van der Waals surface area contributed by atoms with E-state index >= 15 is 0 Å². The van der Waals surface area contributed by atoms with Crippen LogP contribution in [0.2, 0.25) is 0 Å². The summed E-state index contributed by atoms with van der Waals surface area (Å²) < 4.78 is 16.5. The molecule has 0 saturated heterocycles. The van der Waals surface area contributed by atoms with Gasteiger partial charge >= 0.3 is 0 Å². The molecule has 0 fully saturated rings. The Bertz CT molecular complexity index is 380. The van der Waals surface area contributed by atoms with E-state index in [1.165, 1.54) is 0 Å². The number of hydrogen-bond donors (Lipinski definition) is 2. The first-order chi connectivity index (χ1) is 6.36. The molecule has 5 heteroatoms. The van der Waals surface area contributed by atoms with Gasteiger partial charge in [-0.25, -0.2) is 4.21 Å². The van der Waals surface area contributed by atoms with Gasteiger partial charge in [-0.05, 0) is 18.2 Å². The zero-order valence-electron chi connectivity index (χ0n) is 6.69. The van der Waals surface area contributed by atoms with Gasteiger partial charge in [0.15, 0.2) is 0 Å².